The normalized spacial score (nSPS) is 32.3. The lowest BCUT2D eigenvalue weighted by molar-refractivity contribution is 0.130. The summed E-state index contributed by atoms with van der Waals surface area (Å²) >= 11 is 0. The molecule has 1 N–H and O–H groups in total. The predicted octanol–water partition coefficient (Wildman–Crippen LogP) is 3.42. The highest BCUT2D eigenvalue weighted by atomic mass is 15.2. The van der Waals surface area contributed by atoms with E-state index in [4.69, 9.17) is 0 Å². The van der Waals surface area contributed by atoms with Crippen LogP contribution in [0.25, 0.3) is 0 Å². The van der Waals surface area contributed by atoms with Crippen LogP contribution in [0.2, 0.25) is 0 Å². The number of nitrogens with zero attached hydrogens (tertiary/aromatic N) is 1. The lowest BCUT2D eigenvalue weighted by Gasteiger charge is -2.37. The quantitative estimate of drug-likeness (QED) is 0.747. The molecule has 0 radical (unpaired) electrons. The van der Waals surface area contributed by atoms with Crippen LogP contribution in [0, 0.1) is 5.92 Å². The van der Waals surface area contributed by atoms with Crippen LogP contribution in [0.3, 0.4) is 0 Å². The van der Waals surface area contributed by atoms with E-state index in [-0.39, 0.29) is 0 Å². The van der Waals surface area contributed by atoms with Gasteiger partial charge in [0.05, 0.1) is 0 Å². The molecule has 0 aromatic carbocycles. The van der Waals surface area contributed by atoms with E-state index < -0.39 is 0 Å². The van der Waals surface area contributed by atoms with Gasteiger partial charge in [0.2, 0.25) is 0 Å². The van der Waals surface area contributed by atoms with Crippen molar-refractivity contribution in [3.05, 3.63) is 0 Å². The van der Waals surface area contributed by atoms with Crippen molar-refractivity contribution in [2.75, 3.05) is 13.6 Å². The molecule has 2 aliphatic heterocycles. The SMILES string of the molecule is CCCC(CCC)NCC1C[C@H]2CC[C@@H](C1)N2C. The molecule has 2 nitrogen and oxygen atoms in total. The molecule has 2 heteroatoms. The first-order valence-electron chi connectivity index (χ1n) is 8.19. The Morgan fingerprint density at radius 3 is 2.11 bits per heavy atom. The highest BCUT2D eigenvalue weighted by molar-refractivity contribution is 4.94. The molecule has 2 saturated heterocycles. The third-order valence-electron chi connectivity index (χ3n) is 5.17. The summed E-state index contributed by atoms with van der Waals surface area (Å²) in [4.78, 5) is 2.64. The molecule has 0 spiro atoms. The van der Waals surface area contributed by atoms with Gasteiger partial charge in [0.15, 0.2) is 0 Å². The highest BCUT2D eigenvalue weighted by Crippen LogP contribution is 2.37. The Hall–Kier alpha value is -0.0800. The van der Waals surface area contributed by atoms with Crippen LogP contribution in [-0.4, -0.2) is 36.6 Å². The summed E-state index contributed by atoms with van der Waals surface area (Å²) in [6.07, 6.45) is 11.1. The van der Waals surface area contributed by atoms with E-state index in [1.807, 2.05) is 0 Å². The molecule has 0 aromatic rings. The Bertz CT molecular complexity index is 221. The van der Waals surface area contributed by atoms with E-state index in [9.17, 15) is 0 Å². The molecular weight excluding hydrogens is 220 g/mol. The van der Waals surface area contributed by atoms with Crippen molar-refractivity contribution in [1.82, 2.24) is 10.2 Å². The molecule has 18 heavy (non-hydrogen) atoms. The maximum Gasteiger partial charge on any atom is 0.00988 e. The van der Waals surface area contributed by atoms with E-state index in [1.165, 1.54) is 57.9 Å². The van der Waals surface area contributed by atoms with Gasteiger partial charge in [-0.25, -0.2) is 0 Å². The van der Waals surface area contributed by atoms with Gasteiger partial charge in [-0.3, -0.25) is 0 Å². The number of nitrogens with one attached hydrogen (secondary N) is 1. The van der Waals surface area contributed by atoms with Crippen molar-refractivity contribution < 1.29 is 0 Å². The van der Waals surface area contributed by atoms with Crippen molar-refractivity contribution in [2.45, 2.75) is 83.3 Å². The zero-order valence-corrected chi connectivity index (χ0v) is 12.6. The van der Waals surface area contributed by atoms with E-state index in [0.29, 0.717) is 0 Å². The lowest BCUT2D eigenvalue weighted by Crippen LogP contribution is -2.44. The Morgan fingerprint density at radius 1 is 1.06 bits per heavy atom. The molecule has 0 amide bonds. The van der Waals surface area contributed by atoms with Gasteiger partial charge < -0.3 is 10.2 Å². The van der Waals surface area contributed by atoms with Crippen molar-refractivity contribution in [3.63, 3.8) is 0 Å². The molecule has 3 atom stereocenters. The predicted molar refractivity (Wildman–Crippen MR) is 78.9 cm³/mol. The zero-order chi connectivity index (χ0) is 13.0. The number of fused-ring (bicyclic) bond motifs is 2. The number of hydrogen-bond donors (Lipinski definition) is 1. The highest BCUT2D eigenvalue weighted by Gasteiger charge is 2.38. The second kappa shape index (κ2) is 6.91. The molecule has 2 aliphatic rings. The minimum atomic E-state index is 0.775. The second-order valence-electron chi connectivity index (χ2n) is 6.57. The molecule has 2 rings (SSSR count). The maximum absolute atomic E-state index is 3.86. The van der Waals surface area contributed by atoms with Crippen LogP contribution in [0.1, 0.15) is 65.2 Å². The molecule has 2 fully saturated rings. The Labute approximate surface area is 114 Å². The van der Waals surface area contributed by atoms with Crippen molar-refractivity contribution in [2.24, 2.45) is 5.92 Å². The van der Waals surface area contributed by atoms with Gasteiger partial charge in [-0.2, -0.15) is 0 Å². The van der Waals surface area contributed by atoms with Crippen LogP contribution >= 0.6 is 0 Å². The summed E-state index contributed by atoms with van der Waals surface area (Å²) in [6, 6.07) is 2.56. The monoisotopic (exact) mass is 252 g/mol. The van der Waals surface area contributed by atoms with E-state index >= 15 is 0 Å². The molecule has 0 saturated carbocycles. The summed E-state index contributed by atoms with van der Waals surface area (Å²) in [5.41, 5.74) is 0. The molecule has 2 bridgehead atoms. The average molecular weight is 252 g/mol. The van der Waals surface area contributed by atoms with Crippen LogP contribution < -0.4 is 5.32 Å². The van der Waals surface area contributed by atoms with Crippen molar-refractivity contribution >= 4 is 0 Å². The largest absolute Gasteiger partial charge is 0.314 e. The van der Waals surface area contributed by atoms with Gasteiger partial charge in [0.1, 0.15) is 0 Å². The Kier molecular flexibility index (Phi) is 5.50. The van der Waals surface area contributed by atoms with E-state index in [0.717, 1.165) is 24.0 Å². The topological polar surface area (TPSA) is 15.3 Å². The van der Waals surface area contributed by atoms with Crippen LogP contribution in [0.15, 0.2) is 0 Å². The molecule has 2 heterocycles. The van der Waals surface area contributed by atoms with Crippen LogP contribution in [0.4, 0.5) is 0 Å². The van der Waals surface area contributed by atoms with Crippen molar-refractivity contribution in [1.29, 1.82) is 0 Å². The summed E-state index contributed by atoms with van der Waals surface area (Å²) in [5.74, 6) is 0.940. The minimum absolute atomic E-state index is 0.775. The number of rotatable bonds is 7. The number of piperidine rings is 1. The Balaban J connectivity index is 1.73. The second-order valence-corrected chi connectivity index (χ2v) is 6.57. The molecule has 106 valence electrons. The summed E-state index contributed by atoms with van der Waals surface area (Å²) in [5, 5.41) is 3.86. The summed E-state index contributed by atoms with van der Waals surface area (Å²) in [6.45, 7) is 5.88. The van der Waals surface area contributed by atoms with Gasteiger partial charge in [-0.15, -0.1) is 0 Å². The van der Waals surface area contributed by atoms with Gasteiger partial charge in [0, 0.05) is 18.1 Å². The van der Waals surface area contributed by atoms with E-state index in [1.54, 1.807) is 0 Å². The van der Waals surface area contributed by atoms with Crippen LogP contribution in [-0.2, 0) is 0 Å². The van der Waals surface area contributed by atoms with Crippen molar-refractivity contribution in [3.8, 4) is 0 Å². The third-order valence-corrected chi connectivity index (χ3v) is 5.17. The Morgan fingerprint density at radius 2 is 1.61 bits per heavy atom. The zero-order valence-electron chi connectivity index (χ0n) is 12.6. The van der Waals surface area contributed by atoms with Gasteiger partial charge in [-0.1, -0.05) is 26.7 Å². The summed E-state index contributed by atoms with van der Waals surface area (Å²) < 4.78 is 0. The fourth-order valence-electron chi connectivity index (χ4n) is 4.07. The maximum atomic E-state index is 3.86. The average Bonchev–Trinajstić information content (AvgIpc) is 2.60. The van der Waals surface area contributed by atoms with Crippen LogP contribution in [0.5, 0.6) is 0 Å². The molecule has 0 aromatic heterocycles. The first-order chi connectivity index (χ1) is 8.74. The van der Waals surface area contributed by atoms with Gasteiger partial charge in [-0.05, 0) is 58.0 Å². The van der Waals surface area contributed by atoms with E-state index in [2.05, 4.69) is 31.1 Å². The molecule has 1 unspecified atom stereocenters. The first kappa shape index (κ1) is 14.3. The van der Waals surface area contributed by atoms with Gasteiger partial charge in [0.25, 0.3) is 0 Å². The first-order valence-corrected chi connectivity index (χ1v) is 8.19. The molecular formula is C16H32N2. The minimum Gasteiger partial charge on any atom is -0.314 e. The third kappa shape index (κ3) is 3.48. The smallest absolute Gasteiger partial charge is 0.00988 e. The summed E-state index contributed by atoms with van der Waals surface area (Å²) in [7, 11) is 2.34. The fourth-order valence-corrected chi connectivity index (χ4v) is 4.07. The molecule has 0 aliphatic carbocycles. The number of hydrogen-bond acceptors (Lipinski definition) is 2. The lowest BCUT2D eigenvalue weighted by atomic mass is 9.90. The fraction of sp³-hybridized carbons (Fsp3) is 1.00. The standard InChI is InChI=1S/C16H32N2/c1-4-6-14(7-5-2)17-12-13-10-15-8-9-16(11-13)18(15)3/h13-17H,4-12H2,1-3H3/t13?,15-,16+. The van der Waals surface area contributed by atoms with Gasteiger partial charge >= 0.3 is 0 Å².